The van der Waals surface area contributed by atoms with Crippen LogP contribution in [0.3, 0.4) is 0 Å². The van der Waals surface area contributed by atoms with Gasteiger partial charge in [0.25, 0.3) is 0 Å². The summed E-state index contributed by atoms with van der Waals surface area (Å²) in [6, 6.07) is 9.73. The van der Waals surface area contributed by atoms with Crippen molar-refractivity contribution < 1.29 is 29.2 Å². The average Bonchev–Trinajstić information content (AvgIpc) is 2.97. The molecule has 122 valence electrons. The zero-order valence-electron chi connectivity index (χ0n) is 12.7. The molecule has 6 nitrogen and oxygen atoms in total. The van der Waals surface area contributed by atoms with Crippen LogP contribution in [-0.2, 0) is 25.6 Å². The number of fused-ring (bicyclic) bond motifs is 1. The third-order valence-electron chi connectivity index (χ3n) is 3.88. The summed E-state index contributed by atoms with van der Waals surface area (Å²) in [6.45, 7) is 3.58. The second-order valence-electron chi connectivity index (χ2n) is 6.08. The van der Waals surface area contributed by atoms with Gasteiger partial charge < -0.3 is 29.2 Å². The lowest BCUT2D eigenvalue weighted by Crippen LogP contribution is -2.44. The quantitative estimate of drug-likeness (QED) is 0.838. The highest BCUT2D eigenvalue weighted by Gasteiger charge is 2.56. The molecule has 2 saturated heterocycles. The van der Waals surface area contributed by atoms with Gasteiger partial charge in [-0.15, -0.1) is 0 Å². The summed E-state index contributed by atoms with van der Waals surface area (Å²) in [4.78, 5) is 0. The van der Waals surface area contributed by atoms with E-state index in [0.717, 1.165) is 5.56 Å². The summed E-state index contributed by atoms with van der Waals surface area (Å²) in [7, 11) is 0. The largest absolute Gasteiger partial charge is 0.394 e. The minimum Gasteiger partial charge on any atom is -0.394 e. The maximum Gasteiger partial charge on any atom is 0.190 e. The van der Waals surface area contributed by atoms with Gasteiger partial charge in [0.05, 0.1) is 13.2 Å². The van der Waals surface area contributed by atoms with Crippen LogP contribution < -0.4 is 0 Å². The maximum atomic E-state index is 9.94. The van der Waals surface area contributed by atoms with Gasteiger partial charge in [-0.3, -0.25) is 0 Å². The molecule has 0 saturated carbocycles. The van der Waals surface area contributed by atoms with Crippen molar-refractivity contribution in [2.75, 3.05) is 6.61 Å². The predicted molar refractivity (Wildman–Crippen MR) is 76.8 cm³/mol. The first-order valence-corrected chi connectivity index (χ1v) is 7.46. The Bertz CT molecular complexity index is 491. The molecule has 0 radical (unpaired) electrons. The Labute approximate surface area is 129 Å². The van der Waals surface area contributed by atoms with Crippen molar-refractivity contribution in [3.63, 3.8) is 0 Å². The number of rotatable bonds is 5. The molecule has 6 heteroatoms. The summed E-state index contributed by atoms with van der Waals surface area (Å²) in [6.07, 6.45) is -3.25. The van der Waals surface area contributed by atoms with Crippen LogP contribution in [0, 0.1) is 0 Å². The highest BCUT2D eigenvalue weighted by molar-refractivity contribution is 5.13. The molecule has 2 aliphatic rings. The van der Waals surface area contributed by atoms with Crippen LogP contribution in [0.5, 0.6) is 0 Å². The Morgan fingerprint density at radius 2 is 1.95 bits per heavy atom. The van der Waals surface area contributed by atoms with Gasteiger partial charge in [0.2, 0.25) is 0 Å². The maximum absolute atomic E-state index is 9.94. The second-order valence-corrected chi connectivity index (χ2v) is 6.08. The van der Waals surface area contributed by atoms with Crippen molar-refractivity contribution in [2.45, 2.75) is 56.9 Å². The van der Waals surface area contributed by atoms with E-state index >= 15 is 0 Å². The number of hydrogen-bond acceptors (Lipinski definition) is 6. The number of ether oxygens (including phenoxy) is 4. The number of hydrogen-bond donors (Lipinski definition) is 2. The molecule has 0 aromatic heterocycles. The summed E-state index contributed by atoms with van der Waals surface area (Å²) in [5.41, 5.74) is 1.02. The van der Waals surface area contributed by atoms with Crippen LogP contribution in [0.1, 0.15) is 19.4 Å². The molecule has 0 unspecified atom stereocenters. The van der Waals surface area contributed by atoms with Crippen molar-refractivity contribution in [3.8, 4) is 0 Å². The molecule has 2 heterocycles. The molecule has 1 aromatic rings. The first kappa shape index (κ1) is 15.9. The van der Waals surface area contributed by atoms with E-state index in [1.165, 1.54) is 0 Å². The molecule has 0 amide bonds. The molecule has 2 fully saturated rings. The summed E-state index contributed by atoms with van der Waals surface area (Å²) in [5, 5.41) is 19.1. The van der Waals surface area contributed by atoms with E-state index in [0.29, 0.717) is 6.61 Å². The molecule has 22 heavy (non-hydrogen) atoms. The van der Waals surface area contributed by atoms with E-state index in [4.69, 9.17) is 18.9 Å². The van der Waals surface area contributed by atoms with Crippen molar-refractivity contribution in [2.24, 2.45) is 0 Å². The zero-order valence-corrected chi connectivity index (χ0v) is 12.7. The third-order valence-corrected chi connectivity index (χ3v) is 3.88. The average molecular weight is 310 g/mol. The van der Waals surface area contributed by atoms with Crippen molar-refractivity contribution in [3.05, 3.63) is 35.9 Å². The van der Waals surface area contributed by atoms with Crippen LogP contribution in [-0.4, -0.2) is 53.3 Å². The number of aliphatic hydroxyl groups is 2. The van der Waals surface area contributed by atoms with Crippen LogP contribution in [0.4, 0.5) is 0 Å². The monoisotopic (exact) mass is 310 g/mol. The molecular weight excluding hydrogens is 288 g/mol. The molecule has 0 bridgehead atoms. The molecular formula is C16H22O6. The van der Waals surface area contributed by atoms with E-state index in [9.17, 15) is 10.2 Å². The fourth-order valence-corrected chi connectivity index (χ4v) is 2.87. The van der Waals surface area contributed by atoms with Gasteiger partial charge in [-0.25, -0.2) is 0 Å². The van der Waals surface area contributed by atoms with Crippen molar-refractivity contribution >= 4 is 0 Å². The van der Waals surface area contributed by atoms with Gasteiger partial charge in [-0.2, -0.15) is 0 Å². The topological polar surface area (TPSA) is 77.4 Å². The van der Waals surface area contributed by atoms with Crippen molar-refractivity contribution in [1.29, 1.82) is 0 Å². The first-order chi connectivity index (χ1) is 10.5. The highest BCUT2D eigenvalue weighted by atomic mass is 16.8. The van der Waals surface area contributed by atoms with Gasteiger partial charge in [-0.1, -0.05) is 30.3 Å². The fraction of sp³-hybridized carbons (Fsp3) is 0.625. The summed E-state index contributed by atoms with van der Waals surface area (Å²) < 4.78 is 23.1. The minimum absolute atomic E-state index is 0.372. The van der Waals surface area contributed by atoms with Gasteiger partial charge in [-0.05, 0) is 19.4 Å². The minimum atomic E-state index is -1.04. The number of aliphatic hydroxyl groups excluding tert-OH is 2. The molecule has 1 aromatic carbocycles. The van der Waals surface area contributed by atoms with Crippen molar-refractivity contribution in [1.82, 2.24) is 0 Å². The van der Waals surface area contributed by atoms with E-state index < -0.39 is 43.1 Å². The van der Waals surface area contributed by atoms with Gasteiger partial charge >= 0.3 is 0 Å². The predicted octanol–water partition coefficient (Wildman–Crippen LogP) is 0.801. The van der Waals surface area contributed by atoms with E-state index in [2.05, 4.69) is 0 Å². The smallest absolute Gasteiger partial charge is 0.190 e. The summed E-state index contributed by atoms with van der Waals surface area (Å²) >= 11 is 0. The van der Waals surface area contributed by atoms with Crippen LogP contribution in [0.15, 0.2) is 30.3 Å². The Hall–Kier alpha value is -1.02. The van der Waals surface area contributed by atoms with Gasteiger partial charge in [0.15, 0.2) is 12.1 Å². The molecule has 0 spiro atoms. The third kappa shape index (κ3) is 3.17. The molecule has 3 rings (SSSR count). The standard InChI is InChI=1S/C16H22O6/c1-16(2)21-14-13(19-9-10-6-4-3-5-7-10)12(11(18)8-17)20-15(14)22-16/h3-7,11-15,17-18H,8-9H2,1-2H3/t11-,12+,13+,14+,15+/m0/s1. The second kappa shape index (κ2) is 6.23. The Morgan fingerprint density at radius 3 is 2.64 bits per heavy atom. The zero-order chi connectivity index (χ0) is 15.7. The molecule has 0 aliphatic carbocycles. The molecule has 2 aliphatic heterocycles. The normalized spacial score (nSPS) is 34.5. The van der Waals surface area contributed by atoms with Gasteiger partial charge in [0.1, 0.15) is 24.4 Å². The summed E-state index contributed by atoms with van der Waals surface area (Å²) in [5.74, 6) is -0.751. The Kier molecular flexibility index (Phi) is 4.49. The van der Waals surface area contributed by atoms with E-state index in [1.54, 1.807) is 13.8 Å². The van der Waals surface area contributed by atoms with E-state index in [1.807, 2.05) is 30.3 Å². The lowest BCUT2D eigenvalue weighted by Gasteiger charge is -2.28. The molecule has 5 atom stereocenters. The Morgan fingerprint density at radius 1 is 1.23 bits per heavy atom. The van der Waals surface area contributed by atoms with Gasteiger partial charge in [0, 0.05) is 0 Å². The first-order valence-electron chi connectivity index (χ1n) is 7.46. The molecule has 2 N–H and O–H groups in total. The van der Waals surface area contributed by atoms with E-state index in [-0.39, 0.29) is 0 Å². The number of benzene rings is 1. The Balaban J connectivity index is 1.71. The van der Waals surface area contributed by atoms with Crippen LogP contribution in [0.2, 0.25) is 0 Å². The lowest BCUT2D eigenvalue weighted by molar-refractivity contribution is -0.232. The fourth-order valence-electron chi connectivity index (χ4n) is 2.87. The van der Waals surface area contributed by atoms with Crippen LogP contribution in [0.25, 0.3) is 0 Å². The highest BCUT2D eigenvalue weighted by Crippen LogP contribution is 2.39. The SMILES string of the molecule is CC1(C)O[C@H]2O[C@H]([C@@H](O)CO)[C@@H](OCc3ccccc3)[C@H]2O1. The van der Waals surface area contributed by atoms with Crippen LogP contribution >= 0.6 is 0 Å². The lowest BCUT2D eigenvalue weighted by atomic mass is 10.1.